The van der Waals surface area contributed by atoms with Crippen LogP contribution < -0.4 is 5.32 Å². The smallest absolute Gasteiger partial charge is 0.236 e. The lowest BCUT2D eigenvalue weighted by Gasteiger charge is -2.30. The second kappa shape index (κ2) is 11.8. The number of nitrogens with zero attached hydrogens (tertiary/aromatic N) is 4. The summed E-state index contributed by atoms with van der Waals surface area (Å²) in [7, 11) is 4.42. The molecule has 11 nitrogen and oxygen atoms in total. The van der Waals surface area contributed by atoms with Gasteiger partial charge < -0.3 is 19.6 Å². The van der Waals surface area contributed by atoms with Crippen molar-refractivity contribution in [2.45, 2.75) is 26.7 Å². The third-order valence-corrected chi connectivity index (χ3v) is 4.76. The molecule has 0 aliphatic heterocycles. The molecule has 1 aromatic carbocycles. The third-order valence-electron chi connectivity index (χ3n) is 4.76. The molecule has 0 aliphatic rings. The highest BCUT2D eigenvalue weighted by Gasteiger charge is 2.37. The number of likely N-dealkylation sites (N-methyl/N-ethyl adjacent to an activating group) is 1. The Hall–Kier alpha value is -3.70. The zero-order valence-electron chi connectivity index (χ0n) is 19.3. The van der Waals surface area contributed by atoms with E-state index in [1.54, 1.807) is 44.2 Å². The van der Waals surface area contributed by atoms with Gasteiger partial charge in [0.1, 0.15) is 5.82 Å². The SMILES string of the molecule is COC(OC)C(C)(C)C(=O)Nc1cccc(CON=C(C(=N)N(C)N=N)c2ccccc2)n1. The minimum absolute atomic E-state index is 0.00276. The first-order valence-electron chi connectivity index (χ1n) is 10.0. The van der Waals surface area contributed by atoms with Gasteiger partial charge in [0.15, 0.2) is 24.4 Å². The van der Waals surface area contributed by atoms with E-state index in [2.05, 4.69) is 20.7 Å². The number of ether oxygens (including phenoxy) is 2. The largest absolute Gasteiger partial charge is 0.389 e. The van der Waals surface area contributed by atoms with Crippen molar-refractivity contribution in [3.63, 3.8) is 0 Å². The number of hydrogen-bond acceptors (Lipinski definition) is 9. The molecule has 33 heavy (non-hydrogen) atoms. The summed E-state index contributed by atoms with van der Waals surface area (Å²) in [6.45, 7) is 3.42. The molecule has 0 bridgehead atoms. The van der Waals surface area contributed by atoms with Gasteiger partial charge in [0.2, 0.25) is 5.91 Å². The number of oxime groups is 1. The number of amides is 1. The lowest BCUT2D eigenvalue weighted by Crippen LogP contribution is -2.43. The number of pyridine rings is 1. The topological polar surface area (TPSA) is 145 Å². The number of benzene rings is 1. The number of amidine groups is 1. The zero-order valence-corrected chi connectivity index (χ0v) is 19.3. The van der Waals surface area contributed by atoms with Crippen molar-refractivity contribution in [2.24, 2.45) is 15.8 Å². The molecule has 0 unspecified atom stereocenters. The van der Waals surface area contributed by atoms with Crippen molar-refractivity contribution in [3.8, 4) is 0 Å². The van der Waals surface area contributed by atoms with Gasteiger partial charge in [-0.3, -0.25) is 10.2 Å². The molecule has 176 valence electrons. The second-order valence-electron chi connectivity index (χ2n) is 7.54. The molecule has 0 spiro atoms. The van der Waals surface area contributed by atoms with Gasteiger partial charge in [0.25, 0.3) is 0 Å². The molecule has 1 heterocycles. The summed E-state index contributed by atoms with van der Waals surface area (Å²) in [5, 5.41) is 19.4. The summed E-state index contributed by atoms with van der Waals surface area (Å²) in [4.78, 5) is 22.6. The average Bonchev–Trinajstić information content (AvgIpc) is 2.82. The molecular weight excluding hydrogens is 426 g/mol. The van der Waals surface area contributed by atoms with Crippen molar-refractivity contribution in [3.05, 3.63) is 59.8 Å². The Labute approximate surface area is 192 Å². The highest BCUT2D eigenvalue weighted by molar-refractivity contribution is 6.46. The summed E-state index contributed by atoms with van der Waals surface area (Å²) >= 11 is 0. The van der Waals surface area contributed by atoms with Crippen molar-refractivity contribution < 1.29 is 19.1 Å². The third kappa shape index (κ3) is 6.64. The lowest BCUT2D eigenvalue weighted by molar-refractivity contribution is -0.175. The molecule has 0 atom stereocenters. The summed E-state index contributed by atoms with van der Waals surface area (Å²) in [6.07, 6.45) is -0.723. The maximum Gasteiger partial charge on any atom is 0.236 e. The van der Waals surface area contributed by atoms with Crippen LogP contribution in [0.1, 0.15) is 25.1 Å². The van der Waals surface area contributed by atoms with E-state index in [1.165, 1.54) is 21.3 Å². The fourth-order valence-corrected chi connectivity index (χ4v) is 2.89. The molecule has 11 heteroatoms. The Kier molecular flexibility index (Phi) is 9.13. The Balaban J connectivity index is 2.14. The van der Waals surface area contributed by atoms with Crippen LogP contribution in [0.15, 0.2) is 58.9 Å². The molecule has 3 N–H and O–H groups in total. The number of nitrogens with one attached hydrogen (secondary N) is 3. The molecular formula is C22H29N7O4. The normalized spacial score (nSPS) is 11.8. The number of anilines is 1. The zero-order chi connectivity index (χ0) is 24.4. The first-order chi connectivity index (χ1) is 15.7. The molecule has 0 saturated heterocycles. The van der Waals surface area contributed by atoms with E-state index in [0.717, 1.165) is 5.01 Å². The maximum absolute atomic E-state index is 12.7. The Bertz CT molecular complexity index is 991. The Morgan fingerprint density at radius 3 is 2.42 bits per heavy atom. The van der Waals surface area contributed by atoms with Gasteiger partial charge in [0, 0.05) is 26.8 Å². The average molecular weight is 456 g/mol. The maximum atomic E-state index is 12.7. The standard InChI is InChI=1S/C22H29N7O4/c1-22(2,21(31-4)32-5)20(30)26-17-13-9-12-16(25-17)14-33-27-18(19(23)29(3)28-24)15-10-7-6-8-11-15/h6-13,21,23-24H,14H2,1-5H3,(H,25,26,30). The van der Waals surface area contributed by atoms with Crippen molar-refractivity contribution in [1.29, 1.82) is 10.9 Å². The second-order valence-corrected chi connectivity index (χ2v) is 7.54. The predicted molar refractivity (Wildman–Crippen MR) is 123 cm³/mol. The summed E-state index contributed by atoms with van der Waals surface area (Å²) in [5.74, 6) is -0.0760. The molecule has 0 fully saturated rings. The van der Waals surface area contributed by atoms with Crippen molar-refractivity contribution in [1.82, 2.24) is 9.99 Å². The fraction of sp³-hybridized carbons (Fsp3) is 0.364. The van der Waals surface area contributed by atoms with Gasteiger partial charge in [-0.05, 0) is 26.0 Å². The van der Waals surface area contributed by atoms with E-state index in [1.807, 2.05) is 18.2 Å². The number of carbonyl (C=O) groups excluding carboxylic acids is 1. The monoisotopic (exact) mass is 455 g/mol. The first-order valence-corrected chi connectivity index (χ1v) is 10.0. The van der Waals surface area contributed by atoms with Gasteiger partial charge in [-0.2, -0.15) is 5.53 Å². The highest BCUT2D eigenvalue weighted by Crippen LogP contribution is 2.25. The molecule has 2 aromatic rings. The number of hydrogen-bond donors (Lipinski definition) is 3. The fourth-order valence-electron chi connectivity index (χ4n) is 2.89. The summed E-state index contributed by atoms with van der Waals surface area (Å²) in [5.41, 5.74) is 7.55. The van der Waals surface area contributed by atoms with Crippen molar-refractivity contribution in [2.75, 3.05) is 26.6 Å². The van der Waals surface area contributed by atoms with Gasteiger partial charge in [-0.15, -0.1) is 0 Å². The number of aromatic nitrogens is 1. The Morgan fingerprint density at radius 1 is 1.15 bits per heavy atom. The molecule has 2 rings (SSSR count). The molecule has 0 radical (unpaired) electrons. The molecule has 1 amide bonds. The summed E-state index contributed by atoms with van der Waals surface area (Å²) in [6, 6.07) is 14.1. The number of carbonyl (C=O) groups is 1. The van der Waals surface area contributed by atoms with E-state index < -0.39 is 11.7 Å². The van der Waals surface area contributed by atoms with E-state index in [-0.39, 0.29) is 24.1 Å². The lowest BCUT2D eigenvalue weighted by atomic mass is 9.91. The van der Waals surface area contributed by atoms with Crippen LogP contribution in [-0.2, 0) is 25.7 Å². The van der Waals surface area contributed by atoms with E-state index in [9.17, 15) is 4.79 Å². The van der Waals surface area contributed by atoms with Crippen LogP contribution in [0, 0.1) is 16.4 Å². The minimum atomic E-state index is -0.956. The van der Waals surface area contributed by atoms with E-state index in [0.29, 0.717) is 17.1 Å². The van der Waals surface area contributed by atoms with Crippen LogP contribution in [-0.4, -0.2) is 55.0 Å². The van der Waals surface area contributed by atoms with Crippen LogP contribution in [0.2, 0.25) is 0 Å². The highest BCUT2D eigenvalue weighted by atomic mass is 16.7. The first kappa shape index (κ1) is 25.6. The van der Waals surface area contributed by atoms with E-state index >= 15 is 0 Å². The van der Waals surface area contributed by atoms with Gasteiger partial charge >= 0.3 is 0 Å². The van der Waals surface area contributed by atoms with E-state index in [4.69, 9.17) is 25.3 Å². The van der Waals surface area contributed by atoms with Crippen LogP contribution in [0.5, 0.6) is 0 Å². The quantitative estimate of drug-likeness (QED) is 0.156. The number of methoxy groups -OCH3 is 2. The van der Waals surface area contributed by atoms with Gasteiger partial charge in [-0.1, -0.05) is 46.8 Å². The molecule has 0 saturated carbocycles. The number of rotatable bonds is 11. The van der Waals surface area contributed by atoms with Crippen LogP contribution >= 0.6 is 0 Å². The predicted octanol–water partition coefficient (Wildman–Crippen LogP) is 3.44. The van der Waals surface area contributed by atoms with Gasteiger partial charge in [0.05, 0.1) is 11.1 Å². The van der Waals surface area contributed by atoms with Crippen LogP contribution in [0.3, 0.4) is 0 Å². The van der Waals surface area contributed by atoms with Crippen molar-refractivity contribution >= 4 is 23.3 Å². The molecule has 0 aliphatic carbocycles. The summed E-state index contributed by atoms with van der Waals surface area (Å²) < 4.78 is 10.5. The van der Waals surface area contributed by atoms with Gasteiger partial charge in [-0.25, -0.2) is 9.99 Å². The molecule has 1 aromatic heterocycles. The Morgan fingerprint density at radius 2 is 1.82 bits per heavy atom. The van der Waals surface area contributed by atoms with Crippen LogP contribution in [0.25, 0.3) is 0 Å². The van der Waals surface area contributed by atoms with Crippen LogP contribution in [0.4, 0.5) is 5.82 Å². The minimum Gasteiger partial charge on any atom is -0.389 e.